The minimum absolute atomic E-state index is 0.0931. The van der Waals surface area contributed by atoms with Gasteiger partial charge in [0.1, 0.15) is 5.54 Å². The van der Waals surface area contributed by atoms with Crippen LogP contribution in [0.2, 0.25) is 0 Å². The van der Waals surface area contributed by atoms with Gasteiger partial charge in [0.15, 0.2) is 0 Å². The van der Waals surface area contributed by atoms with Gasteiger partial charge in [-0.3, -0.25) is 9.69 Å². The Balaban J connectivity index is 1.63. The molecule has 152 valence electrons. The van der Waals surface area contributed by atoms with Gasteiger partial charge in [0.2, 0.25) is 0 Å². The summed E-state index contributed by atoms with van der Waals surface area (Å²) in [4.78, 5) is 30.6. The quantitative estimate of drug-likeness (QED) is 0.789. The molecule has 2 fully saturated rings. The van der Waals surface area contributed by atoms with Crippen LogP contribution in [0.3, 0.4) is 0 Å². The van der Waals surface area contributed by atoms with Crippen molar-refractivity contribution in [2.24, 2.45) is 5.92 Å². The average molecular weight is 392 g/mol. The summed E-state index contributed by atoms with van der Waals surface area (Å²) in [5.74, 6) is 0.499. The van der Waals surface area contributed by atoms with E-state index in [1.807, 2.05) is 60.7 Å². The number of nitrogens with one attached hydrogen (secondary N) is 1. The summed E-state index contributed by atoms with van der Waals surface area (Å²) in [5.41, 5.74) is 1.11. The lowest BCUT2D eigenvalue weighted by atomic mass is 9.86. The topological polar surface area (TPSA) is 52.7 Å². The van der Waals surface area contributed by atoms with E-state index in [0.717, 1.165) is 30.8 Å². The van der Waals surface area contributed by atoms with Crippen molar-refractivity contribution in [3.05, 3.63) is 71.8 Å². The van der Waals surface area contributed by atoms with Crippen LogP contribution in [-0.2, 0) is 4.79 Å². The SMILES string of the molecule is CC(C)CN1CCC2(CC1)NC(=O)N(C(c1ccccc1)c1ccccc1)C2=O. The summed E-state index contributed by atoms with van der Waals surface area (Å²) < 4.78 is 0. The highest BCUT2D eigenvalue weighted by Crippen LogP contribution is 2.37. The van der Waals surface area contributed by atoms with E-state index in [0.29, 0.717) is 18.8 Å². The number of piperidine rings is 1. The third kappa shape index (κ3) is 3.79. The molecule has 1 spiro atoms. The van der Waals surface area contributed by atoms with Gasteiger partial charge in [-0.05, 0) is 29.9 Å². The number of likely N-dealkylation sites (tertiary alicyclic amines) is 1. The molecule has 5 heteroatoms. The predicted octanol–water partition coefficient (Wildman–Crippen LogP) is 3.82. The van der Waals surface area contributed by atoms with Gasteiger partial charge in [0.05, 0.1) is 6.04 Å². The third-order valence-corrected chi connectivity index (χ3v) is 6.01. The van der Waals surface area contributed by atoms with Crippen molar-refractivity contribution in [1.29, 1.82) is 0 Å². The van der Waals surface area contributed by atoms with Crippen molar-refractivity contribution in [2.75, 3.05) is 19.6 Å². The Labute approximate surface area is 172 Å². The molecule has 0 saturated carbocycles. The van der Waals surface area contributed by atoms with E-state index >= 15 is 0 Å². The van der Waals surface area contributed by atoms with Crippen LogP contribution in [-0.4, -0.2) is 46.9 Å². The fraction of sp³-hybridized carbons (Fsp3) is 0.417. The van der Waals surface area contributed by atoms with Crippen molar-refractivity contribution in [1.82, 2.24) is 15.1 Å². The Morgan fingerprint density at radius 2 is 1.41 bits per heavy atom. The second-order valence-electron chi connectivity index (χ2n) is 8.61. The zero-order valence-electron chi connectivity index (χ0n) is 17.2. The molecule has 0 bridgehead atoms. The van der Waals surface area contributed by atoms with E-state index < -0.39 is 11.6 Å². The number of hydrogen-bond donors (Lipinski definition) is 1. The maximum Gasteiger partial charge on any atom is 0.325 e. The van der Waals surface area contributed by atoms with Gasteiger partial charge in [-0.2, -0.15) is 0 Å². The van der Waals surface area contributed by atoms with E-state index in [-0.39, 0.29) is 11.9 Å². The second kappa shape index (κ2) is 7.99. The fourth-order valence-electron chi connectivity index (χ4n) is 4.61. The summed E-state index contributed by atoms with van der Waals surface area (Å²) in [6.07, 6.45) is 1.33. The smallest absolute Gasteiger partial charge is 0.323 e. The molecule has 2 aromatic carbocycles. The summed E-state index contributed by atoms with van der Waals surface area (Å²) >= 11 is 0. The first kappa shape index (κ1) is 19.6. The molecule has 1 N–H and O–H groups in total. The van der Waals surface area contributed by atoms with Gasteiger partial charge < -0.3 is 10.2 Å². The lowest BCUT2D eigenvalue weighted by Crippen LogP contribution is -2.55. The number of hydrogen-bond acceptors (Lipinski definition) is 3. The van der Waals surface area contributed by atoms with Gasteiger partial charge in [0, 0.05) is 19.6 Å². The number of carbonyl (C=O) groups is 2. The lowest BCUT2D eigenvalue weighted by Gasteiger charge is -2.38. The highest BCUT2D eigenvalue weighted by Gasteiger charge is 2.54. The molecule has 0 unspecified atom stereocenters. The molecule has 4 rings (SSSR count). The van der Waals surface area contributed by atoms with Crippen molar-refractivity contribution in [3.63, 3.8) is 0 Å². The van der Waals surface area contributed by atoms with Gasteiger partial charge in [-0.15, -0.1) is 0 Å². The lowest BCUT2D eigenvalue weighted by molar-refractivity contribution is -0.134. The minimum atomic E-state index is -0.771. The van der Waals surface area contributed by atoms with Crippen LogP contribution in [0.15, 0.2) is 60.7 Å². The van der Waals surface area contributed by atoms with Crippen LogP contribution >= 0.6 is 0 Å². The number of carbonyl (C=O) groups excluding carboxylic acids is 2. The largest absolute Gasteiger partial charge is 0.325 e. The van der Waals surface area contributed by atoms with Crippen molar-refractivity contribution >= 4 is 11.9 Å². The Kier molecular flexibility index (Phi) is 5.41. The fourth-order valence-corrected chi connectivity index (χ4v) is 4.61. The number of urea groups is 1. The molecule has 2 aromatic rings. The first-order chi connectivity index (χ1) is 14.0. The Bertz CT molecular complexity index is 819. The first-order valence-corrected chi connectivity index (χ1v) is 10.5. The maximum atomic E-state index is 13.6. The molecule has 2 aliphatic rings. The molecule has 0 aromatic heterocycles. The van der Waals surface area contributed by atoms with Crippen molar-refractivity contribution in [2.45, 2.75) is 38.3 Å². The Hall–Kier alpha value is -2.66. The normalized spacial score (nSPS) is 19.4. The Morgan fingerprint density at radius 3 is 1.90 bits per heavy atom. The van der Waals surface area contributed by atoms with Crippen LogP contribution < -0.4 is 5.32 Å². The van der Waals surface area contributed by atoms with E-state index in [9.17, 15) is 9.59 Å². The standard InChI is InChI=1S/C24H29N3O2/c1-18(2)17-26-15-13-24(14-16-26)22(28)27(23(29)25-24)21(19-9-5-3-6-10-19)20-11-7-4-8-12-20/h3-12,18,21H,13-17H2,1-2H3,(H,25,29). The molecule has 2 heterocycles. The second-order valence-corrected chi connectivity index (χ2v) is 8.61. The van der Waals surface area contributed by atoms with E-state index in [4.69, 9.17) is 0 Å². The molecular weight excluding hydrogens is 362 g/mol. The molecule has 0 aliphatic carbocycles. The molecular formula is C24H29N3O2. The van der Waals surface area contributed by atoms with Gasteiger partial charge >= 0.3 is 6.03 Å². The number of amides is 3. The van der Waals surface area contributed by atoms with E-state index in [1.54, 1.807) is 0 Å². The van der Waals surface area contributed by atoms with Crippen molar-refractivity contribution in [3.8, 4) is 0 Å². The number of benzene rings is 2. The molecule has 0 atom stereocenters. The molecule has 29 heavy (non-hydrogen) atoms. The summed E-state index contributed by atoms with van der Waals surface area (Å²) in [7, 11) is 0. The zero-order valence-corrected chi connectivity index (χ0v) is 17.2. The number of rotatable bonds is 5. The van der Waals surface area contributed by atoms with Gasteiger partial charge in [-0.25, -0.2) is 4.79 Å². The molecule has 5 nitrogen and oxygen atoms in total. The highest BCUT2D eigenvalue weighted by atomic mass is 16.2. The van der Waals surface area contributed by atoms with Crippen LogP contribution in [0.5, 0.6) is 0 Å². The van der Waals surface area contributed by atoms with Crippen LogP contribution in [0.25, 0.3) is 0 Å². The Morgan fingerprint density at radius 1 is 0.897 bits per heavy atom. The zero-order chi connectivity index (χ0) is 20.4. The third-order valence-electron chi connectivity index (χ3n) is 6.01. The average Bonchev–Trinajstić information content (AvgIpc) is 2.96. The minimum Gasteiger partial charge on any atom is -0.323 e. The molecule has 0 radical (unpaired) electrons. The molecule has 2 aliphatic heterocycles. The predicted molar refractivity (Wildman–Crippen MR) is 113 cm³/mol. The monoisotopic (exact) mass is 391 g/mol. The first-order valence-electron chi connectivity index (χ1n) is 10.5. The summed E-state index contributed by atoms with van der Waals surface area (Å²) in [6, 6.07) is 18.9. The van der Waals surface area contributed by atoms with Crippen molar-refractivity contribution < 1.29 is 9.59 Å². The summed E-state index contributed by atoms with van der Waals surface area (Å²) in [5, 5.41) is 3.07. The van der Waals surface area contributed by atoms with Crippen LogP contribution in [0, 0.1) is 5.92 Å². The van der Waals surface area contributed by atoms with E-state index in [1.165, 1.54) is 4.90 Å². The number of imide groups is 1. The molecule has 2 saturated heterocycles. The van der Waals surface area contributed by atoms with Gasteiger partial charge in [-0.1, -0.05) is 74.5 Å². The highest BCUT2D eigenvalue weighted by molar-refractivity contribution is 6.07. The van der Waals surface area contributed by atoms with Crippen LogP contribution in [0.4, 0.5) is 4.79 Å². The van der Waals surface area contributed by atoms with Gasteiger partial charge in [0.25, 0.3) is 5.91 Å². The summed E-state index contributed by atoms with van der Waals surface area (Å²) in [6.45, 7) is 7.11. The molecule has 3 amide bonds. The van der Waals surface area contributed by atoms with E-state index in [2.05, 4.69) is 24.1 Å². The van der Waals surface area contributed by atoms with Crippen LogP contribution in [0.1, 0.15) is 43.9 Å². The maximum absolute atomic E-state index is 13.6. The number of nitrogens with zero attached hydrogens (tertiary/aromatic N) is 2.